The minimum atomic E-state index is -0.907. The number of cyclic esters (lactones) is 4. The van der Waals surface area contributed by atoms with E-state index < -0.39 is 42.6 Å². The summed E-state index contributed by atoms with van der Waals surface area (Å²) in [6.07, 6.45) is 0. The highest BCUT2D eigenvalue weighted by Gasteiger charge is 2.31. The van der Waals surface area contributed by atoms with Crippen molar-refractivity contribution in [3.8, 4) is 0 Å². The Bertz CT molecular complexity index is 1060. The van der Waals surface area contributed by atoms with E-state index in [1.807, 2.05) is 27.7 Å². The van der Waals surface area contributed by atoms with Crippen LogP contribution in [0.1, 0.15) is 89.8 Å². The normalized spacial score (nSPS) is 12.7. The van der Waals surface area contributed by atoms with Crippen LogP contribution in [-0.4, -0.2) is 42.6 Å². The van der Waals surface area contributed by atoms with Crippen molar-refractivity contribution >= 4 is 35.8 Å². The van der Waals surface area contributed by atoms with Crippen molar-refractivity contribution in [3.05, 3.63) is 69.8 Å². The van der Waals surface area contributed by atoms with Crippen LogP contribution in [0.25, 0.3) is 0 Å². The zero-order valence-corrected chi connectivity index (χ0v) is 18.3. The van der Waals surface area contributed by atoms with Crippen LogP contribution in [0.3, 0.4) is 0 Å². The van der Waals surface area contributed by atoms with Gasteiger partial charge in [-0.3, -0.25) is 0 Å². The zero-order valence-electron chi connectivity index (χ0n) is 18.3. The Labute approximate surface area is 188 Å². The molecule has 2 aliphatic rings. The largest absolute Gasteiger partial charge is 0.424 e. The van der Waals surface area contributed by atoms with E-state index in [9.17, 15) is 28.8 Å². The Hall–Kier alpha value is -4.34. The molecule has 0 N–H and O–H groups in total. The molecule has 2 aliphatic heterocycles. The Kier molecular flexibility index (Phi) is 8.16. The summed E-state index contributed by atoms with van der Waals surface area (Å²) in [5.41, 5.74) is -0.171. The first-order chi connectivity index (χ1) is 15.8. The van der Waals surface area contributed by atoms with Crippen LogP contribution in [0, 0.1) is 0 Å². The lowest BCUT2D eigenvalue weighted by Crippen LogP contribution is -2.14. The van der Waals surface area contributed by atoms with Gasteiger partial charge in [-0.15, -0.1) is 0 Å². The van der Waals surface area contributed by atoms with Gasteiger partial charge in [0.25, 0.3) is 0 Å². The molecule has 2 aromatic carbocycles. The van der Waals surface area contributed by atoms with E-state index in [1.54, 1.807) is 0 Å². The number of esters is 6. The lowest BCUT2D eigenvalue weighted by atomic mass is 10.1. The molecular weight excluding hydrogens is 436 g/mol. The van der Waals surface area contributed by atoms with Crippen LogP contribution in [-0.2, 0) is 18.9 Å². The summed E-state index contributed by atoms with van der Waals surface area (Å²) in [4.78, 5) is 69.9. The van der Waals surface area contributed by atoms with Crippen molar-refractivity contribution in [2.24, 2.45) is 0 Å². The van der Waals surface area contributed by atoms with E-state index in [4.69, 9.17) is 9.47 Å². The van der Waals surface area contributed by atoms with Crippen LogP contribution in [0.2, 0.25) is 0 Å². The van der Waals surface area contributed by atoms with Crippen LogP contribution in [0.15, 0.2) is 36.4 Å². The van der Waals surface area contributed by atoms with E-state index in [1.165, 1.54) is 24.3 Å². The molecule has 0 fully saturated rings. The van der Waals surface area contributed by atoms with Crippen LogP contribution in [0.5, 0.6) is 0 Å². The average molecular weight is 456 g/mol. The minimum Gasteiger partial charge on any atom is -0.424 e. The minimum absolute atomic E-state index is 0.0339. The third-order valence-corrected chi connectivity index (χ3v) is 4.14. The number of carbonyl (C=O) groups is 6. The number of rotatable bonds is 4. The third-order valence-electron chi connectivity index (χ3n) is 4.14. The van der Waals surface area contributed by atoms with E-state index in [2.05, 4.69) is 9.47 Å². The number of carbonyl (C=O) groups excluding carboxylic acids is 6. The second kappa shape index (κ2) is 10.8. The van der Waals surface area contributed by atoms with E-state index in [-0.39, 0.29) is 33.4 Å². The lowest BCUT2D eigenvalue weighted by Gasteiger charge is -2.07. The summed E-state index contributed by atoms with van der Waals surface area (Å²) in [7, 11) is 0. The van der Waals surface area contributed by atoms with Gasteiger partial charge in [-0.25, -0.2) is 28.8 Å². The molecular formula is C23H20O10. The smallest absolute Gasteiger partial charge is 0.346 e. The molecule has 0 atom stereocenters. The maximum atomic E-state index is 12.0. The van der Waals surface area contributed by atoms with Crippen molar-refractivity contribution in [1.82, 2.24) is 0 Å². The monoisotopic (exact) mass is 456 g/mol. The second-order valence-electron chi connectivity index (χ2n) is 5.86. The number of hydrogen-bond donors (Lipinski definition) is 0. The molecule has 33 heavy (non-hydrogen) atoms. The molecule has 0 aliphatic carbocycles. The first-order valence-electron chi connectivity index (χ1n) is 10.0. The van der Waals surface area contributed by atoms with Gasteiger partial charge >= 0.3 is 35.8 Å². The number of hydrogen-bond acceptors (Lipinski definition) is 10. The topological polar surface area (TPSA) is 139 Å². The van der Waals surface area contributed by atoms with Crippen LogP contribution in [0.4, 0.5) is 0 Å². The highest BCUT2D eigenvalue weighted by atomic mass is 16.7. The molecule has 10 nitrogen and oxygen atoms in total. The maximum Gasteiger partial charge on any atom is 0.346 e. The average Bonchev–Trinajstić information content (AvgIpc) is 3.29. The quantitative estimate of drug-likeness (QED) is 0.291. The molecule has 172 valence electrons. The summed E-state index contributed by atoms with van der Waals surface area (Å²) in [5, 5.41) is 0. The van der Waals surface area contributed by atoms with Gasteiger partial charge in [-0.1, -0.05) is 27.7 Å². The summed E-state index contributed by atoms with van der Waals surface area (Å²) in [6, 6.07) is 7.27. The lowest BCUT2D eigenvalue weighted by molar-refractivity contribution is -0.0168. The van der Waals surface area contributed by atoms with Gasteiger partial charge in [0.15, 0.2) is 0 Å². The van der Waals surface area contributed by atoms with Gasteiger partial charge < -0.3 is 18.9 Å². The van der Waals surface area contributed by atoms with Crippen molar-refractivity contribution in [2.75, 3.05) is 6.79 Å². The fourth-order valence-corrected chi connectivity index (χ4v) is 2.73. The van der Waals surface area contributed by atoms with Crippen LogP contribution < -0.4 is 0 Å². The Balaban J connectivity index is 0.000000914. The van der Waals surface area contributed by atoms with Gasteiger partial charge in [0.2, 0.25) is 6.79 Å². The van der Waals surface area contributed by atoms with E-state index >= 15 is 0 Å². The third kappa shape index (κ3) is 5.12. The first-order valence-corrected chi connectivity index (χ1v) is 10.0. The number of ether oxygens (including phenoxy) is 4. The maximum absolute atomic E-state index is 12.0. The number of benzene rings is 2. The summed E-state index contributed by atoms with van der Waals surface area (Å²) < 4.78 is 18.5. The van der Waals surface area contributed by atoms with Gasteiger partial charge in [-0.05, 0) is 36.4 Å². The second-order valence-corrected chi connectivity index (χ2v) is 5.86. The molecule has 0 bridgehead atoms. The molecule has 0 radical (unpaired) electrons. The molecule has 4 rings (SSSR count). The SMILES string of the molecule is CC.CC.O=C(OCOC(=O)c1ccc2c(c1)C(=O)OC2=O)c1ccc2c(c1)C(=O)OC2=O. The number of fused-ring (bicyclic) bond motifs is 2. The molecule has 2 heterocycles. The molecule has 2 aromatic rings. The van der Waals surface area contributed by atoms with Crippen molar-refractivity contribution in [1.29, 1.82) is 0 Å². The van der Waals surface area contributed by atoms with Crippen molar-refractivity contribution in [2.45, 2.75) is 27.7 Å². The van der Waals surface area contributed by atoms with Gasteiger partial charge in [-0.2, -0.15) is 0 Å². The standard InChI is InChI=1S/C19H8O10.2C2H6/c20-14(8-1-3-10-12(5-8)18(24)28-16(10)22)26-7-27-15(21)9-2-4-11-13(6-9)19(25)29-17(11)23;2*1-2/h1-6H,7H2;2*1-2H3. The fraction of sp³-hybridized carbons (Fsp3) is 0.217. The van der Waals surface area contributed by atoms with E-state index in [0.29, 0.717) is 0 Å². The van der Waals surface area contributed by atoms with Crippen molar-refractivity contribution in [3.63, 3.8) is 0 Å². The summed E-state index contributed by atoms with van der Waals surface area (Å²) in [5.74, 6) is -5.18. The first kappa shape index (κ1) is 24.9. The molecule has 0 saturated heterocycles. The molecule has 0 unspecified atom stereocenters. The van der Waals surface area contributed by atoms with Crippen molar-refractivity contribution < 1.29 is 47.7 Å². The van der Waals surface area contributed by atoms with Crippen LogP contribution >= 0.6 is 0 Å². The highest BCUT2D eigenvalue weighted by molar-refractivity contribution is 6.16. The van der Waals surface area contributed by atoms with E-state index in [0.717, 1.165) is 12.1 Å². The summed E-state index contributed by atoms with van der Waals surface area (Å²) >= 11 is 0. The fourth-order valence-electron chi connectivity index (χ4n) is 2.73. The van der Waals surface area contributed by atoms with Gasteiger partial charge in [0.1, 0.15) is 0 Å². The summed E-state index contributed by atoms with van der Waals surface area (Å²) in [6.45, 7) is 7.25. The highest BCUT2D eigenvalue weighted by Crippen LogP contribution is 2.23. The Morgan fingerprint density at radius 2 is 0.939 bits per heavy atom. The molecule has 0 aromatic heterocycles. The van der Waals surface area contributed by atoms with Gasteiger partial charge in [0, 0.05) is 0 Å². The Morgan fingerprint density at radius 1 is 0.606 bits per heavy atom. The predicted octanol–water partition coefficient (Wildman–Crippen LogP) is 3.33. The molecule has 0 spiro atoms. The zero-order chi connectivity index (χ0) is 24.7. The van der Waals surface area contributed by atoms with Gasteiger partial charge in [0.05, 0.1) is 33.4 Å². The predicted molar refractivity (Wildman–Crippen MR) is 111 cm³/mol. The Morgan fingerprint density at radius 3 is 1.30 bits per heavy atom. The molecule has 10 heteroatoms. The molecule has 0 saturated carbocycles. The molecule has 0 amide bonds.